The van der Waals surface area contributed by atoms with Crippen molar-refractivity contribution in [2.45, 2.75) is 6.92 Å². The van der Waals surface area contributed by atoms with Gasteiger partial charge in [0.2, 0.25) is 5.65 Å². The molecular formula is C14H13N5O4. The quantitative estimate of drug-likeness (QED) is 0.685. The molecule has 0 aliphatic heterocycles. The predicted octanol–water partition coefficient (Wildman–Crippen LogP) is 0.893. The van der Waals surface area contributed by atoms with Gasteiger partial charge in [-0.1, -0.05) is 0 Å². The Balaban J connectivity index is 2.16. The lowest BCUT2D eigenvalue weighted by atomic mass is 10.1. The van der Waals surface area contributed by atoms with Crippen LogP contribution in [0.5, 0.6) is 5.75 Å². The average molecular weight is 315 g/mol. The Bertz CT molecular complexity index is 930. The Kier molecular flexibility index (Phi) is 3.75. The van der Waals surface area contributed by atoms with Gasteiger partial charge in [-0.3, -0.25) is 4.79 Å². The molecule has 3 aromatic rings. The van der Waals surface area contributed by atoms with Crippen molar-refractivity contribution >= 4 is 17.1 Å². The minimum atomic E-state index is -0.481. The Labute approximate surface area is 129 Å². The molecule has 23 heavy (non-hydrogen) atoms. The highest BCUT2D eigenvalue weighted by molar-refractivity contribution is 5.91. The topological polar surface area (TPSA) is 123 Å². The molecule has 9 heteroatoms. The van der Waals surface area contributed by atoms with Gasteiger partial charge < -0.3 is 14.5 Å². The van der Waals surface area contributed by atoms with Crippen LogP contribution >= 0.6 is 0 Å². The maximum Gasteiger partial charge on any atom is 0.337 e. The Morgan fingerprint density at radius 3 is 2.87 bits per heavy atom. The molecule has 2 aromatic heterocycles. The van der Waals surface area contributed by atoms with E-state index >= 15 is 0 Å². The molecule has 3 rings (SSSR count). The van der Waals surface area contributed by atoms with Crippen LogP contribution in [0.15, 0.2) is 23.0 Å². The van der Waals surface area contributed by atoms with Crippen LogP contribution in [-0.2, 0) is 4.74 Å². The second-order valence-electron chi connectivity index (χ2n) is 4.55. The molecule has 0 aliphatic rings. The fourth-order valence-electron chi connectivity index (χ4n) is 2.12. The van der Waals surface area contributed by atoms with E-state index in [4.69, 9.17) is 9.47 Å². The lowest BCUT2D eigenvalue weighted by molar-refractivity contribution is 0.0600. The number of ether oxygens (including phenoxy) is 2. The maximum atomic E-state index is 12.0. The number of nitrogens with zero attached hydrogens (tertiary/aromatic N) is 3. The summed E-state index contributed by atoms with van der Waals surface area (Å²) in [6.07, 6.45) is 0. The van der Waals surface area contributed by atoms with Crippen molar-refractivity contribution in [3.05, 3.63) is 34.1 Å². The monoisotopic (exact) mass is 315 g/mol. The van der Waals surface area contributed by atoms with Crippen LogP contribution in [0.1, 0.15) is 17.3 Å². The molecule has 9 nitrogen and oxygen atoms in total. The van der Waals surface area contributed by atoms with Crippen molar-refractivity contribution in [1.29, 1.82) is 0 Å². The SMILES string of the molecule is CCOc1cc(C(=O)OC)ccc1-c1nc2n[nH]nc2c(=O)[nH]1. The minimum absolute atomic E-state index is 0.123. The lowest BCUT2D eigenvalue weighted by Gasteiger charge is -2.11. The molecule has 118 valence electrons. The summed E-state index contributed by atoms with van der Waals surface area (Å²) in [7, 11) is 1.30. The van der Waals surface area contributed by atoms with E-state index in [9.17, 15) is 9.59 Å². The third-order valence-electron chi connectivity index (χ3n) is 3.15. The van der Waals surface area contributed by atoms with E-state index in [0.29, 0.717) is 23.5 Å². The molecule has 0 bridgehead atoms. The number of methoxy groups -OCH3 is 1. The van der Waals surface area contributed by atoms with E-state index in [1.807, 2.05) is 6.92 Å². The zero-order valence-electron chi connectivity index (χ0n) is 12.4. The number of hydrogen-bond acceptors (Lipinski definition) is 7. The number of H-pyrrole nitrogens is 2. The van der Waals surface area contributed by atoms with Crippen LogP contribution in [0.2, 0.25) is 0 Å². The van der Waals surface area contributed by atoms with Crippen LogP contribution in [-0.4, -0.2) is 45.1 Å². The van der Waals surface area contributed by atoms with Crippen LogP contribution in [0, 0.1) is 0 Å². The second-order valence-corrected chi connectivity index (χ2v) is 4.55. The van der Waals surface area contributed by atoms with Gasteiger partial charge in [-0.15, -0.1) is 10.2 Å². The average Bonchev–Trinajstić information content (AvgIpc) is 3.03. The molecule has 0 saturated heterocycles. The molecule has 0 fully saturated rings. The van der Waals surface area contributed by atoms with Gasteiger partial charge >= 0.3 is 5.97 Å². The summed E-state index contributed by atoms with van der Waals surface area (Å²) in [5.41, 5.74) is 0.769. The standard InChI is InChI=1S/C14H13N5O4/c1-3-23-9-6-7(14(21)22-2)4-5-8(9)11-15-12-10(13(20)16-11)17-19-18-12/h4-6H,3H2,1-2H3,(H2,15,16,17,18,19,20). The number of aromatic nitrogens is 5. The number of benzene rings is 1. The van der Waals surface area contributed by atoms with Gasteiger partial charge in [0, 0.05) is 0 Å². The number of carbonyl (C=O) groups excluding carboxylic acids is 1. The third-order valence-corrected chi connectivity index (χ3v) is 3.15. The van der Waals surface area contributed by atoms with Crippen LogP contribution in [0.4, 0.5) is 0 Å². The largest absolute Gasteiger partial charge is 0.493 e. The molecule has 0 aliphatic carbocycles. The van der Waals surface area contributed by atoms with E-state index in [-0.39, 0.29) is 17.0 Å². The zero-order chi connectivity index (χ0) is 16.4. The number of esters is 1. The fourth-order valence-corrected chi connectivity index (χ4v) is 2.12. The van der Waals surface area contributed by atoms with Gasteiger partial charge in [-0.25, -0.2) is 9.78 Å². The van der Waals surface area contributed by atoms with E-state index in [1.54, 1.807) is 12.1 Å². The highest BCUT2D eigenvalue weighted by atomic mass is 16.5. The van der Waals surface area contributed by atoms with Crippen molar-refractivity contribution in [2.75, 3.05) is 13.7 Å². The van der Waals surface area contributed by atoms with Crippen LogP contribution in [0.25, 0.3) is 22.6 Å². The Morgan fingerprint density at radius 1 is 1.30 bits per heavy atom. The summed E-state index contributed by atoms with van der Waals surface area (Å²) >= 11 is 0. The lowest BCUT2D eigenvalue weighted by Crippen LogP contribution is -2.10. The molecule has 1 aromatic carbocycles. The summed E-state index contributed by atoms with van der Waals surface area (Å²) in [6, 6.07) is 4.73. The van der Waals surface area contributed by atoms with Crippen molar-refractivity contribution in [2.24, 2.45) is 0 Å². The number of fused-ring (bicyclic) bond motifs is 1. The van der Waals surface area contributed by atoms with Gasteiger partial charge in [0.15, 0.2) is 5.52 Å². The predicted molar refractivity (Wildman–Crippen MR) is 80.2 cm³/mol. The van der Waals surface area contributed by atoms with Gasteiger partial charge in [0.1, 0.15) is 11.6 Å². The van der Waals surface area contributed by atoms with Crippen molar-refractivity contribution < 1.29 is 14.3 Å². The zero-order valence-corrected chi connectivity index (χ0v) is 12.4. The van der Waals surface area contributed by atoms with Gasteiger partial charge in [-0.2, -0.15) is 5.21 Å². The Hall–Kier alpha value is -3.23. The number of hydrogen-bond donors (Lipinski definition) is 2. The van der Waals surface area contributed by atoms with E-state index in [1.165, 1.54) is 13.2 Å². The first kappa shape index (κ1) is 14.7. The van der Waals surface area contributed by atoms with E-state index < -0.39 is 11.5 Å². The fraction of sp³-hybridized carbons (Fsp3) is 0.214. The molecule has 2 N–H and O–H groups in total. The molecule has 0 amide bonds. The van der Waals surface area contributed by atoms with Crippen molar-refractivity contribution in [1.82, 2.24) is 25.4 Å². The number of carbonyl (C=O) groups is 1. The second kappa shape index (κ2) is 5.87. The van der Waals surface area contributed by atoms with Gasteiger partial charge in [-0.05, 0) is 25.1 Å². The smallest absolute Gasteiger partial charge is 0.337 e. The first-order valence-corrected chi connectivity index (χ1v) is 6.80. The first-order valence-electron chi connectivity index (χ1n) is 6.80. The summed E-state index contributed by atoms with van der Waals surface area (Å²) in [5.74, 6) is 0.198. The van der Waals surface area contributed by atoms with Crippen molar-refractivity contribution in [3.63, 3.8) is 0 Å². The summed E-state index contributed by atoms with van der Waals surface area (Å²) in [4.78, 5) is 30.5. The normalized spacial score (nSPS) is 10.7. The van der Waals surface area contributed by atoms with Crippen molar-refractivity contribution in [3.8, 4) is 17.1 Å². The van der Waals surface area contributed by atoms with E-state index in [0.717, 1.165) is 0 Å². The molecule has 0 spiro atoms. The summed E-state index contributed by atoms with van der Waals surface area (Å²) in [5, 5.41) is 9.90. The third kappa shape index (κ3) is 2.63. The van der Waals surface area contributed by atoms with Crippen LogP contribution in [0.3, 0.4) is 0 Å². The maximum absolute atomic E-state index is 12.0. The molecule has 0 atom stereocenters. The minimum Gasteiger partial charge on any atom is -0.493 e. The Morgan fingerprint density at radius 2 is 2.13 bits per heavy atom. The number of nitrogens with one attached hydrogen (secondary N) is 2. The molecule has 0 radical (unpaired) electrons. The number of aromatic amines is 2. The van der Waals surface area contributed by atoms with Gasteiger partial charge in [0.25, 0.3) is 5.56 Å². The molecule has 0 saturated carbocycles. The molecule has 0 unspecified atom stereocenters. The molecular weight excluding hydrogens is 302 g/mol. The number of rotatable bonds is 4. The summed E-state index contributed by atoms with van der Waals surface area (Å²) < 4.78 is 10.2. The highest BCUT2D eigenvalue weighted by Crippen LogP contribution is 2.29. The van der Waals surface area contributed by atoms with Gasteiger partial charge in [0.05, 0.1) is 24.8 Å². The van der Waals surface area contributed by atoms with Crippen LogP contribution < -0.4 is 10.3 Å². The summed E-state index contributed by atoms with van der Waals surface area (Å²) in [6.45, 7) is 2.19. The highest BCUT2D eigenvalue weighted by Gasteiger charge is 2.16. The van der Waals surface area contributed by atoms with E-state index in [2.05, 4.69) is 25.4 Å². The molecule has 2 heterocycles. The first-order chi connectivity index (χ1) is 11.1.